The summed E-state index contributed by atoms with van der Waals surface area (Å²) in [6.07, 6.45) is 1.62. The molecule has 1 amide bonds. The van der Waals surface area contributed by atoms with E-state index in [1.54, 1.807) is 7.11 Å². The van der Waals surface area contributed by atoms with E-state index in [0.717, 1.165) is 52.7 Å². The second-order valence-corrected chi connectivity index (χ2v) is 10.2. The van der Waals surface area contributed by atoms with Crippen LogP contribution in [0.2, 0.25) is 0 Å². The molecule has 9 heteroatoms. The van der Waals surface area contributed by atoms with Crippen LogP contribution >= 0.6 is 11.8 Å². The molecule has 3 aromatic carbocycles. The van der Waals surface area contributed by atoms with Gasteiger partial charge in [-0.3, -0.25) is 4.79 Å². The van der Waals surface area contributed by atoms with Gasteiger partial charge >= 0.3 is 0 Å². The second kappa shape index (κ2) is 12.9. The average molecular weight is 559 g/mol. The number of methoxy groups -OCH3 is 1. The maximum Gasteiger partial charge on any atom is 0.237 e. The van der Waals surface area contributed by atoms with Crippen molar-refractivity contribution in [3.05, 3.63) is 77.9 Å². The Labute approximate surface area is 239 Å². The van der Waals surface area contributed by atoms with Gasteiger partial charge in [-0.05, 0) is 80.3 Å². The molecule has 4 aromatic rings. The van der Waals surface area contributed by atoms with Crippen molar-refractivity contribution >= 4 is 23.4 Å². The van der Waals surface area contributed by atoms with Crippen molar-refractivity contribution in [2.24, 2.45) is 0 Å². The quantitative estimate of drug-likeness (QED) is 0.207. The number of carbonyl (C=O) groups is 1. The van der Waals surface area contributed by atoms with E-state index in [1.807, 2.05) is 73.3 Å². The molecule has 2 heterocycles. The summed E-state index contributed by atoms with van der Waals surface area (Å²) in [5, 5.41) is 9.75. The van der Waals surface area contributed by atoms with Crippen molar-refractivity contribution in [3.63, 3.8) is 0 Å². The van der Waals surface area contributed by atoms with Crippen LogP contribution in [0.25, 0.3) is 11.4 Å². The van der Waals surface area contributed by atoms with Crippen LogP contribution in [0, 0.1) is 0 Å². The topological polar surface area (TPSA) is 78.7 Å². The molecule has 8 nitrogen and oxygen atoms in total. The largest absolute Gasteiger partial charge is 0.497 e. The van der Waals surface area contributed by atoms with Gasteiger partial charge in [0.25, 0.3) is 0 Å². The fraction of sp³-hybridized carbons (Fsp3) is 0.323. The lowest BCUT2D eigenvalue weighted by molar-refractivity contribution is -0.116. The third kappa shape index (κ3) is 6.09. The standard InChI is InChI=1S/C31H34N4O4S/c1-4-38-27-15-10-22(20-28(27)39-5-2)16-18-35-30(24-11-13-25(37-3)14-12-24)32-33-31(35)40-21-29(36)34-19-17-23-8-6-7-9-26(23)34/h6-15,20H,4-5,16-19,21H2,1-3H3. The average Bonchev–Trinajstić information content (AvgIpc) is 3.60. The molecule has 0 unspecified atom stereocenters. The van der Waals surface area contributed by atoms with E-state index in [2.05, 4.69) is 26.9 Å². The van der Waals surface area contributed by atoms with Crippen molar-refractivity contribution in [1.82, 2.24) is 14.8 Å². The van der Waals surface area contributed by atoms with Crippen LogP contribution in [0.15, 0.2) is 71.9 Å². The minimum atomic E-state index is 0.0726. The van der Waals surface area contributed by atoms with Gasteiger partial charge in [-0.25, -0.2) is 0 Å². The summed E-state index contributed by atoms with van der Waals surface area (Å²) in [6, 6.07) is 21.9. The first-order valence-electron chi connectivity index (χ1n) is 13.6. The first-order valence-corrected chi connectivity index (χ1v) is 14.6. The van der Waals surface area contributed by atoms with Crippen LogP contribution < -0.4 is 19.1 Å². The van der Waals surface area contributed by atoms with Gasteiger partial charge in [0.05, 0.1) is 26.1 Å². The van der Waals surface area contributed by atoms with Crippen molar-refractivity contribution < 1.29 is 19.0 Å². The highest BCUT2D eigenvalue weighted by Gasteiger charge is 2.25. The van der Waals surface area contributed by atoms with Gasteiger partial charge in [0.2, 0.25) is 5.91 Å². The maximum atomic E-state index is 13.2. The van der Waals surface area contributed by atoms with E-state index >= 15 is 0 Å². The molecule has 1 aliphatic heterocycles. The van der Waals surface area contributed by atoms with Crippen LogP contribution in [0.5, 0.6) is 17.2 Å². The Morgan fingerprint density at radius 1 is 0.950 bits per heavy atom. The third-order valence-corrected chi connectivity index (χ3v) is 7.76. The monoisotopic (exact) mass is 558 g/mol. The summed E-state index contributed by atoms with van der Waals surface area (Å²) >= 11 is 1.42. The zero-order valence-corrected chi connectivity index (χ0v) is 23.9. The third-order valence-electron chi connectivity index (χ3n) is 6.81. The lowest BCUT2D eigenvalue weighted by Crippen LogP contribution is -2.30. The molecule has 0 spiro atoms. The molecule has 0 saturated heterocycles. The fourth-order valence-corrected chi connectivity index (χ4v) is 5.68. The molecule has 0 fully saturated rings. The van der Waals surface area contributed by atoms with Crippen LogP contribution in [0.3, 0.4) is 0 Å². The number of hydrogen-bond donors (Lipinski definition) is 0. The Hall–Kier alpha value is -3.98. The number of benzene rings is 3. The number of nitrogens with zero attached hydrogens (tertiary/aromatic N) is 4. The predicted molar refractivity (Wildman–Crippen MR) is 158 cm³/mol. The van der Waals surface area contributed by atoms with Gasteiger partial charge in [-0.1, -0.05) is 36.0 Å². The lowest BCUT2D eigenvalue weighted by Gasteiger charge is -2.17. The highest BCUT2D eigenvalue weighted by atomic mass is 32.2. The van der Waals surface area contributed by atoms with Crippen LogP contribution in [0.4, 0.5) is 5.69 Å². The lowest BCUT2D eigenvalue weighted by atomic mass is 10.1. The van der Waals surface area contributed by atoms with E-state index in [1.165, 1.54) is 17.3 Å². The summed E-state index contributed by atoms with van der Waals surface area (Å²) in [6.45, 7) is 6.41. The molecular weight excluding hydrogens is 524 g/mol. The Kier molecular flexibility index (Phi) is 8.91. The molecule has 5 rings (SSSR count). The number of anilines is 1. The molecule has 0 aliphatic carbocycles. The minimum absolute atomic E-state index is 0.0726. The van der Waals surface area contributed by atoms with E-state index in [9.17, 15) is 4.79 Å². The molecule has 0 saturated carbocycles. The van der Waals surface area contributed by atoms with E-state index in [0.29, 0.717) is 31.5 Å². The van der Waals surface area contributed by atoms with Crippen LogP contribution in [0.1, 0.15) is 25.0 Å². The SMILES string of the molecule is CCOc1ccc(CCn2c(SCC(=O)N3CCc4ccccc43)nnc2-c2ccc(OC)cc2)cc1OCC. The number of para-hydroxylation sites is 1. The summed E-state index contributed by atoms with van der Waals surface area (Å²) in [5.74, 6) is 3.37. The molecule has 208 valence electrons. The van der Waals surface area contributed by atoms with Crippen LogP contribution in [-0.2, 0) is 24.2 Å². The molecule has 1 aliphatic rings. The van der Waals surface area contributed by atoms with Gasteiger partial charge in [-0.15, -0.1) is 10.2 Å². The van der Waals surface area contributed by atoms with E-state index < -0.39 is 0 Å². The Balaban J connectivity index is 1.37. The molecule has 0 atom stereocenters. The number of fused-ring (bicyclic) bond motifs is 1. The molecule has 0 N–H and O–H groups in total. The number of ether oxygens (including phenoxy) is 3. The van der Waals surface area contributed by atoms with Gasteiger partial charge in [0.1, 0.15) is 5.75 Å². The Bertz CT molecular complexity index is 1450. The van der Waals surface area contributed by atoms with Crippen LogP contribution in [-0.4, -0.2) is 53.3 Å². The number of thioether (sulfide) groups is 1. The highest BCUT2D eigenvalue weighted by molar-refractivity contribution is 7.99. The zero-order valence-electron chi connectivity index (χ0n) is 23.1. The van der Waals surface area contributed by atoms with Gasteiger partial charge in [0, 0.05) is 24.3 Å². The van der Waals surface area contributed by atoms with Crippen molar-refractivity contribution in [3.8, 4) is 28.6 Å². The number of aryl methyl sites for hydroxylation is 1. The Morgan fingerprint density at radius 2 is 1.73 bits per heavy atom. The number of aromatic nitrogens is 3. The molecular formula is C31H34N4O4S. The van der Waals surface area contributed by atoms with E-state index in [-0.39, 0.29) is 11.7 Å². The summed E-state index contributed by atoms with van der Waals surface area (Å²) in [4.78, 5) is 15.1. The predicted octanol–water partition coefficient (Wildman–Crippen LogP) is 5.68. The van der Waals surface area contributed by atoms with Gasteiger partial charge in [0.15, 0.2) is 22.5 Å². The highest BCUT2D eigenvalue weighted by Crippen LogP contribution is 2.32. The summed E-state index contributed by atoms with van der Waals surface area (Å²) < 4.78 is 19.0. The normalized spacial score (nSPS) is 12.3. The van der Waals surface area contributed by atoms with Crippen molar-refractivity contribution in [2.75, 3.05) is 37.5 Å². The van der Waals surface area contributed by atoms with Crippen molar-refractivity contribution in [2.45, 2.75) is 38.4 Å². The summed E-state index contributed by atoms with van der Waals surface area (Å²) in [7, 11) is 1.65. The first-order chi connectivity index (χ1) is 19.6. The van der Waals surface area contributed by atoms with Gasteiger partial charge in [-0.2, -0.15) is 0 Å². The molecule has 0 bridgehead atoms. The molecule has 40 heavy (non-hydrogen) atoms. The smallest absolute Gasteiger partial charge is 0.237 e. The number of hydrogen-bond acceptors (Lipinski definition) is 7. The summed E-state index contributed by atoms with van der Waals surface area (Å²) in [5.41, 5.74) is 4.27. The number of carbonyl (C=O) groups excluding carboxylic acids is 1. The fourth-order valence-electron chi connectivity index (χ4n) is 4.84. The second-order valence-electron chi connectivity index (χ2n) is 9.30. The number of amides is 1. The number of rotatable bonds is 12. The zero-order chi connectivity index (χ0) is 27.9. The van der Waals surface area contributed by atoms with Crippen molar-refractivity contribution in [1.29, 1.82) is 0 Å². The van der Waals surface area contributed by atoms with E-state index in [4.69, 9.17) is 14.2 Å². The maximum absolute atomic E-state index is 13.2. The molecule has 0 radical (unpaired) electrons. The van der Waals surface area contributed by atoms with Gasteiger partial charge < -0.3 is 23.7 Å². The first kappa shape index (κ1) is 27.6. The minimum Gasteiger partial charge on any atom is -0.497 e. The Morgan fingerprint density at radius 3 is 2.50 bits per heavy atom. The molecule has 1 aromatic heterocycles.